The van der Waals surface area contributed by atoms with Crippen molar-refractivity contribution in [3.63, 3.8) is 0 Å². The Kier molecular flexibility index (Phi) is 5.42. The topological polar surface area (TPSA) is 55.3 Å². The van der Waals surface area contributed by atoms with Crippen molar-refractivity contribution < 1.29 is 9.53 Å². The third kappa shape index (κ3) is 4.18. The average molecular weight is 409 g/mol. The number of fused-ring (bicyclic) bond motifs is 1. The molecule has 1 fully saturated rings. The van der Waals surface area contributed by atoms with E-state index in [1.165, 1.54) is 5.56 Å². The Balaban J connectivity index is 1.46. The maximum Gasteiger partial charge on any atom is 0.254 e. The van der Waals surface area contributed by atoms with Crippen LogP contribution >= 0.6 is 0 Å². The molecule has 1 amide bonds. The van der Waals surface area contributed by atoms with Gasteiger partial charge in [-0.05, 0) is 29.8 Å². The van der Waals surface area contributed by atoms with Gasteiger partial charge in [0.25, 0.3) is 5.91 Å². The van der Waals surface area contributed by atoms with Crippen LogP contribution in [-0.2, 0) is 11.2 Å². The molecule has 0 spiro atoms. The second kappa shape index (κ2) is 8.66. The highest BCUT2D eigenvalue weighted by atomic mass is 16.5. The van der Waals surface area contributed by atoms with Crippen LogP contribution in [0.3, 0.4) is 0 Å². The molecule has 4 aromatic rings. The molecule has 0 bridgehead atoms. The van der Waals surface area contributed by atoms with E-state index in [2.05, 4.69) is 17.1 Å². The van der Waals surface area contributed by atoms with E-state index in [4.69, 9.17) is 9.72 Å². The maximum absolute atomic E-state index is 13.6. The van der Waals surface area contributed by atoms with Gasteiger partial charge in [-0.1, -0.05) is 48.5 Å². The summed E-state index contributed by atoms with van der Waals surface area (Å²) >= 11 is 0. The summed E-state index contributed by atoms with van der Waals surface area (Å²) in [5.41, 5.74) is 4.34. The molecular weight excluding hydrogens is 386 g/mol. The van der Waals surface area contributed by atoms with Gasteiger partial charge in [0.05, 0.1) is 29.5 Å². The number of hydrogen-bond donors (Lipinski definition) is 0. The van der Waals surface area contributed by atoms with Crippen molar-refractivity contribution in [2.75, 3.05) is 19.7 Å². The van der Waals surface area contributed by atoms with E-state index in [9.17, 15) is 4.79 Å². The summed E-state index contributed by atoms with van der Waals surface area (Å²) in [6.45, 7) is 1.71. The number of hydrogen-bond acceptors (Lipinski definition) is 4. The molecule has 0 N–H and O–H groups in total. The van der Waals surface area contributed by atoms with Crippen molar-refractivity contribution in [3.8, 4) is 11.3 Å². The van der Waals surface area contributed by atoms with E-state index >= 15 is 0 Å². The van der Waals surface area contributed by atoms with Gasteiger partial charge in [0.1, 0.15) is 0 Å². The molecule has 1 aliphatic heterocycles. The van der Waals surface area contributed by atoms with Gasteiger partial charge in [-0.15, -0.1) is 0 Å². The van der Waals surface area contributed by atoms with Crippen LogP contribution in [0.15, 0.2) is 85.2 Å². The third-order valence-corrected chi connectivity index (χ3v) is 5.64. The first-order chi connectivity index (χ1) is 15.3. The molecule has 5 rings (SSSR count). The second-order valence-corrected chi connectivity index (χ2v) is 7.75. The van der Waals surface area contributed by atoms with Gasteiger partial charge >= 0.3 is 0 Å². The van der Waals surface area contributed by atoms with Gasteiger partial charge in [0.15, 0.2) is 0 Å². The SMILES string of the molecule is O=C(c1cc(-c2cccnc2)nc2ccccc12)N1CCO[C@@H](Cc2ccccc2)C1. The summed E-state index contributed by atoms with van der Waals surface area (Å²) in [6.07, 6.45) is 4.29. The van der Waals surface area contributed by atoms with Crippen LogP contribution in [-0.4, -0.2) is 46.6 Å². The molecule has 0 aliphatic carbocycles. The predicted molar refractivity (Wildman–Crippen MR) is 121 cm³/mol. The number of nitrogens with zero attached hydrogens (tertiary/aromatic N) is 3. The standard InChI is InChI=1S/C26H23N3O2/c30-26(29-13-14-31-21(18-29)15-19-7-2-1-3-8-19)23-16-25(20-9-6-12-27-17-20)28-24-11-5-4-10-22(23)24/h1-12,16-17,21H,13-15,18H2/t21-/m0/s1. The van der Waals surface area contributed by atoms with Crippen LogP contribution in [0, 0.1) is 0 Å². The fourth-order valence-electron chi connectivity index (χ4n) is 4.09. The number of amides is 1. The number of carbonyl (C=O) groups excluding carboxylic acids is 1. The van der Waals surface area contributed by atoms with Gasteiger partial charge in [0, 0.05) is 42.9 Å². The fourth-order valence-corrected chi connectivity index (χ4v) is 4.09. The lowest BCUT2D eigenvalue weighted by Gasteiger charge is -2.33. The monoisotopic (exact) mass is 409 g/mol. The first kappa shape index (κ1) is 19.4. The normalized spacial score (nSPS) is 16.4. The predicted octanol–water partition coefficient (Wildman–Crippen LogP) is 4.38. The van der Waals surface area contributed by atoms with E-state index in [0.29, 0.717) is 25.3 Å². The summed E-state index contributed by atoms with van der Waals surface area (Å²) in [7, 11) is 0. The highest BCUT2D eigenvalue weighted by molar-refractivity contribution is 6.07. The zero-order chi connectivity index (χ0) is 21.0. The molecule has 0 radical (unpaired) electrons. The summed E-state index contributed by atoms with van der Waals surface area (Å²) < 4.78 is 5.96. The highest BCUT2D eigenvalue weighted by Gasteiger charge is 2.27. The summed E-state index contributed by atoms with van der Waals surface area (Å²) in [5.74, 6) is 0.0186. The molecule has 2 aromatic heterocycles. The van der Waals surface area contributed by atoms with Crippen molar-refractivity contribution in [1.29, 1.82) is 0 Å². The average Bonchev–Trinajstić information content (AvgIpc) is 2.84. The van der Waals surface area contributed by atoms with E-state index in [1.807, 2.05) is 65.6 Å². The fraction of sp³-hybridized carbons (Fsp3) is 0.192. The maximum atomic E-state index is 13.6. The number of morpholine rings is 1. The lowest BCUT2D eigenvalue weighted by Crippen LogP contribution is -2.46. The molecular formula is C26H23N3O2. The Hall–Kier alpha value is -3.57. The molecule has 2 aromatic carbocycles. The van der Waals surface area contributed by atoms with Crippen LogP contribution in [0.4, 0.5) is 0 Å². The molecule has 31 heavy (non-hydrogen) atoms. The summed E-state index contributed by atoms with van der Waals surface area (Å²) in [4.78, 5) is 24.5. The number of ether oxygens (including phenoxy) is 1. The van der Waals surface area contributed by atoms with Crippen molar-refractivity contribution in [2.24, 2.45) is 0 Å². The zero-order valence-corrected chi connectivity index (χ0v) is 17.1. The Bertz CT molecular complexity index is 1200. The minimum Gasteiger partial charge on any atom is -0.374 e. The lowest BCUT2D eigenvalue weighted by atomic mass is 10.0. The van der Waals surface area contributed by atoms with E-state index in [0.717, 1.165) is 28.6 Å². The van der Waals surface area contributed by atoms with Crippen molar-refractivity contribution >= 4 is 16.8 Å². The molecule has 1 saturated heterocycles. The number of carbonyl (C=O) groups is 1. The molecule has 1 atom stereocenters. The van der Waals surface area contributed by atoms with E-state index in [-0.39, 0.29) is 12.0 Å². The molecule has 0 saturated carbocycles. The minimum atomic E-state index is -0.00834. The van der Waals surface area contributed by atoms with Crippen molar-refractivity contribution in [1.82, 2.24) is 14.9 Å². The summed E-state index contributed by atoms with van der Waals surface area (Å²) in [6, 6.07) is 23.8. The highest BCUT2D eigenvalue weighted by Crippen LogP contribution is 2.26. The zero-order valence-electron chi connectivity index (χ0n) is 17.1. The van der Waals surface area contributed by atoms with Crippen LogP contribution in [0.2, 0.25) is 0 Å². The largest absolute Gasteiger partial charge is 0.374 e. The molecule has 0 unspecified atom stereocenters. The molecule has 154 valence electrons. The molecule has 1 aliphatic rings. The number of para-hydroxylation sites is 1. The Labute approximate surface area is 181 Å². The number of pyridine rings is 2. The molecule has 3 heterocycles. The smallest absolute Gasteiger partial charge is 0.254 e. The molecule has 5 heteroatoms. The number of rotatable bonds is 4. The van der Waals surface area contributed by atoms with Crippen molar-refractivity contribution in [2.45, 2.75) is 12.5 Å². The quantitative estimate of drug-likeness (QED) is 0.502. The van der Waals surface area contributed by atoms with Gasteiger partial charge < -0.3 is 9.64 Å². The van der Waals surface area contributed by atoms with Crippen LogP contribution in [0.1, 0.15) is 15.9 Å². The van der Waals surface area contributed by atoms with Crippen LogP contribution in [0.5, 0.6) is 0 Å². The number of aromatic nitrogens is 2. The second-order valence-electron chi connectivity index (χ2n) is 7.75. The molecule has 5 nitrogen and oxygen atoms in total. The number of benzene rings is 2. The summed E-state index contributed by atoms with van der Waals surface area (Å²) in [5, 5.41) is 0.867. The first-order valence-corrected chi connectivity index (χ1v) is 10.5. The van der Waals surface area contributed by atoms with Gasteiger partial charge in [-0.3, -0.25) is 9.78 Å². The lowest BCUT2D eigenvalue weighted by molar-refractivity contribution is -0.0207. The minimum absolute atomic E-state index is 0.00834. The first-order valence-electron chi connectivity index (χ1n) is 10.5. The third-order valence-electron chi connectivity index (χ3n) is 5.64. The Morgan fingerprint density at radius 1 is 1.03 bits per heavy atom. The van der Waals surface area contributed by atoms with Crippen LogP contribution < -0.4 is 0 Å². The van der Waals surface area contributed by atoms with Crippen molar-refractivity contribution in [3.05, 3.63) is 96.3 Å². The van der Waals surface area contributed by atoms with E-state index in [1.54, 1.807) is 12.4 Å². The van der Waals surface area contributed by atoms with E-state index < -0.39 is 0 Å². The Morgan fingerprint density at radius 3 is 2.71 bits per heavy atom. The van der Waals surface area contributed by atoms with Gasteiger partial charge in [-0.2, -0.15) is 0 Å². The van der Waals surface area contributed by atoms with Gasteiger partial charge in [0.2, 0.25) is 0 Å². The Morgan fingerprint density at radius 2 is 1.87 bits per heavy atom. The van der Waals surface area contributed by atoms with Gasteiger partial charge in [-0.25, -0.2) is 4.98 Å². The van der Waals surface area contributed by atoms with Crippen LogP contribution in [0.25, 0.3) is 22.2 Å².